The largest absolute Gasteiger partial charge is 0.460 e. The predicted octanol–water partition coefficient (Wildman–Crippen LogP) is 1.98. The van der Waals surface area contributed by atoms with Crippen molar-refractivity contribution in [3.63, 3.8) is 0 Å². The van der Waals surface area contributed by atoms with Crippen LogP contribution in [0.25, 0.3) is 0 Å². The monoisotopic (exact) mass is 317 g/mol. The molecule has 0 saturated carbocycles. The molecular weight excluding hydrogens is 298 g/mol. The van der Waals surface area contributed by atoms with Crippen LogP contribution in [-0.2, 0) is 14.3 Å². The van der Waals surface area contributed by atoms with Gasteiger partial charge in [-0.1, -0.05) is 18.6 Å². The van der Waals surface area contributed by atoms with E-state index in [4.69, 9.17) is 0 Å². The Bertz CT molecular complexity index is 603. The second-order valence-corrected chi connectivity index (χ2v) is 5.26. The normalized spacial score (nSPS) is 13.2. The van der Waals surface area contributed by atoms with E-state index < -0.39 is 11.8 Å². The lowest BCUT2D eigenvalue weighted by molar-refractivity contribution is -0.153. The number of benzene rings is 1. The van der Waals surface area contributed by atoms with Gasteiger partial charge >= 0.3 is 5.97 Å². The maximum atomic E-state index is 12.1. The van der Waals surface area contributed by atoms with Crippen molar-refractivity contribution in [3.8, 4) is 0 Å². The van der Waals surface area contributed by atoms with Gasteiger partial charge in [0.25, 0.3) is 11.8 Å². The van der Waals surface area contributed by atoms with Crippen molar-refractivity contribution in [1.29, 1.82) is 0 Å². The summed E-state index contributed by atoms with van der Waals surface area (Å²) in [5, 5.41) is 0. The topological polar surface area (TPSA) is 80.8 Å². The minimum atomic E-state index is -0.798. The standard InChI is InChI=1S/C17H19NO5/c1-2-23-17(22)14(19)10-4-3-7-11-18-15(20)12-8-5-6-9-13(12)16(18)21/h5-6,8-9H,2-4,7,10-11H2,1H3. The average molecular weight is 317 g/mol. The molecule has 0 bridgehead atoms. The molecule has 0 aliphatic carbocycles. The predicted molar refractivity (Wildman–Crippen MR) is 81.9 cm³/mol. The Labute approximate surface area is 134 Å². The zero-order valence-electron chi connectivity index (χ0n) is 13.0. The van der Waals surface area contributed by atoms with E-state index in [1.165, 1.54) is 4.90 Å². The summed E-state index contributed by atoms with van der Waals surface area (Å²) in [6.07, 6.45) is 1.90. The summed E-state index contributed by atoms with van der Waals surface area (Å²) in [5.41, 5.74) is 0.880. The molecule has 0 fully saturated rings. The number of esters is 1. The third-order valence-electron chi connectivity index (χ3n) is 3.67. The summed E-state index contributed by atoms with van der Waals surface area (Å²) >= 11 is 0. The van der Waals surface area contributed by atoms with Gasteiger partial charge in [-0.15, -0.1) is 0 Å². The quantitative estimate of drug-likeness (QED) is 0.317. The number of unbranched alkanes of at least 4 members (excludes halogenated alkanes) is 2. The molecule has 0 atom stereocenters. The second-order valence-electron chi connectivity index (χ2n) is 5.26. The summed E-state index contributed by atoms with van der Waals surface area (Å²) in [7, 11) is 0. The zero-order valence-corrected chi connectivity index (χ0v) is 13.0. The van der Waals surface area contributed by atoms with Gasteiger partial charge in [0.1, 0.15) is 0 Å². The van der Waals surface area contributed by atoms with E-state index in [-0.39, 0.29) is 24.8 Å². The van der Waals surface area contributed by atoms with Crippen LogP contribution in [0.15, 0.2) is 24.3 Å². The van der Waals surface area contributed by atoms with E-state index in [2.05, 4.69) is 4.74 Å². The van der Waals surface area contributed by atoms with Crippen molar-refractivity contribution in [2.24, 2.45) is 0 Å². The number of fused-ring (bicyclic) bond motifs is 1. The van der Waals surface area contributed by atoms with Gasteiger partial charge in [-0.3, -0.25) is 19.3 Å². The SMILES string of the molecule is CCOC(=O)C(=O)CCCCCN1C(=O)c2ccccc2C1=O. The molecule has 122 valence electrons. The van der Waals surface area contributed by atoms with Crippen molar-refractivity contribution >= 4 is 23.6 Å². The van der Waals surface area contributed by atoms with Crippen molar-refractivity contribution in [2.75, 3.05) is 13.2 Å². The molecule has 2 amide bonds. The molecule has 0 unspecified atom stereocenters. The minimum absolute atomic E-state index is 0.126. The lowest BCUT2D eigenvalue weighted by atomic mass is 10.1. The van der Waals surface area contributed by atoms with Crippen LogP contribution >= 0.6 is 0 Å². The van der Waals surface area contributed by atoms with E-state index in [1.807, 2.05) is 0 Å². The summed E-state index contributed by atoms with van der Waals surface area (Å²) < 4.78 is 4.62. The molecule has 0 saturated heterocycles. The van der Waals surface area contributed by atoms with E-state index in [1.54, 1.807) is 31.2 Å². The Morgan fingerprint density at radius 2 is 1.61 bits per heavy atom. The summed E-state index contributed by atoms with van der Waals surface area (Å²) in [5.74, 6) is -1.87. The number of carbonyl (C=O) groups is 4. The van der Waals surface area contributed by atoms with E-state index in [9.17, 15) is 19.2 Å². The first-order valence-electron chi connectivity index (χ1n) is 7.71. The maximum absolute atomic E-state index is 12.1. The molecule has 2 rings (SSSR count). The lowest BCUT2D eigenvalue weighted by Crippen LogP contribution is -2.30. The molecule has 0 N–H and O–H groups in total. The fourth-order valence-electron chi connectivity index (χ4n) is 2.49. The summed E-state index contributed by atoms with van der Waals surface area (Å²) in [6.45, 7) is 2.15. The molecule has 1 aliphatic rings. The van der Waals surface area contributed by atoms with Crippen LogP contribution in [0.2, 0.25) is 0 Å². The van der Waals surface area contributed by atoms with Crippen LogP contribution in [0, 0.1) is 0 Å². The number of ether oxygens (including phenoxy) is 1. The van der Waals surface area contributed by atoms with Gasteiger partial charge < -0.3 is 4.74 Å². The molecule has 1 aromatic carbocycles. The summed E-state index contributed by atoms with van der Waals surface area (Å²) in [4.78, 5) is 48.1. The van der Waals surface area contributed by atoms with Crippen LogP contribution in [0.5, 0.6) is 0 Å². The Hall–Kier alpha value is -2.50. The molecule has 1 aromatic rings. The number of carbonyl (C=O) groups excluding carboxylic acids is 4. The number of nitrogens with zero attached hydrogens (tertiary/aromatic N) is 1. The first kappa shape index (κ1) is 16.9. The highest BCUT2D eigenvalue weighted by molar-refractivity contribution is 6.33. The van der Waals surface area contributed by atoms with Gasteiger partial charge in [0.05, 0.1) is 17.7 Å². The highest BCUT2D eigenvalue weighted by atomic mass is 16.5. The molecule has 1 aliphatic heterocycles. The molecular formula is C17H19NO5. The van der Waals surface area contributed by atoms with Crippen molar-refractivity contribution in [2.45, 2.75) is 32.6 Å². The third-order valence-corrected chi connectivity index (χ3v) is 3.67. The molecule has 6 nitrogen and oxygen atoms in total. The smallest absolute Gasteiger partial charge is 0.374 e. The number of hydrogen-bond donors (Lipinski definition) is 0. The second kappa shape index (κ2) is 7.67. The fraction of sp³-hybridized carbons (Fsp3) is 0.412. The van der Waals surface area contributed by atoms with Crippen LogP contribution in [0.3, 0.4) is 0 Å². The Morgan fingerprint density at radius 3 is 2.17 bits per heavy atom. The molecule has 0 aromatic heterocycles. The first-order valence-corrected chi connectivity index (χ1v) is 7.71. The van der Waals surface area contributed by atoms with E-state index in [0.29, 0.717) is 36.9 Å². The maximum Gasteiger partial charge on any atom is 0.374 e. The Kier molecular flexibility index (Phi) is 5.62. The molecule has 1 heterocycles. The van der Waals surface area contributed by atoms with Crippen LogP contribution in [0.1, 0.15) is 53.3 Å². The highest BCUT2D eigenvalue weighted by Crippen LogP contribution is 2.22. The number of amides is 2. The van der Waals surface area contributed by atoms with E-state index >= 15 is 0 Å². The molecule has 0 radical (unpaired) electrons. The minimum Gasteiger partial charge on any atom is -0.460 e. The van der Waals surface area contributed by atoms with Gasteiger partial charge in [-0.05, 0) is 31.9 Å². The Morgan fingerprint density at radius 1 is 1.00 bits per heavy atom. The Balaban J connectivity index is 1.74. The fourth-order valence-corrected chi connectivity index (χ4v) is 2.49. The molecule has 23 heavy (non-hydrogen) atoms. The van der Waals surface area contributed by atoms with Crippen LogP contribution < -0.4 is 0 Å². The number of ketones is 1. The van der Waals surface area contributed by atoms with Gasteiger partial charge in [-0.25, -0.2) is 4.79 Å². The first-order chi connectivity index (χ1) is 11.1. The summed E-state index contributed by atoms with van der Waals surface area (Å²) in [6, 6.07) is 6.75. The van der Waals surface area contributed by atoms with Crippen LogP contribution in [0.4, 0.5) is 0 Å². The highest BCUT2D eigenvalue weighted by Gasteiger charge is 2.34. The number of imide groups is 1. The molecule has 0 spiro atoms. The van der Waals surface area contributed by atoms with Crippen molar-refractivity contribution < 1.29 is 23.9 Å². The lowest BCUT2D eigenvalue weighted by Gasteiger charge is -2.13. The number of rotatable bonds is 8. The average Bonchev–Trinajstić information content (AvgIpc) is 2.79. The van der Waals surface area contributed by atoms with Gasteiger partial charge in [0, 0.05) is 13.0 Å². The van der Waals surface area contributed by atoms with Crippen molar-refractivity contribution in [3.05, 3.63) is 35.4 Å². The number of hydrogen-bond acceptors (Lipinski definition) is 5. The van der Waals surface area contributed by atoms with Gasteiger partial charge in [-0.2, -0.15) is 0 Å². The number of Topliss-reactive ketones (excluding diaryl/α,β-unsaturated/α-hetero) is 1. The molecule has 6 heteroatoms. The third kappa shape index (κ3) is 3.83. The van der Waals surface area contributed by atoms with Crippen molar-refractivity contribution in [1.82, 2.24) is 4.90 Å². The van der Waals surface area contributed by atoms with Gasteiger partial charge in [0.2, 0.25) is 5.78 Å². The van der Waals surface area contributed by atoms with Crippen LogP contribution in [-0.4, -0.2) is 41.6 Å². The van der Waals surface area contributed by atoms with E-state index in [0.717, 1.165) is 0 Å². The zero-order chi connectivity index (χ0) is 16.8. The van der Waals surface area contributed by atoms with Gasteiger partial charge in [0.15, 0.2) is 0 Å².